The maximum Gasteiger partial charge on any atom is 0.224 e. The van der Waals surface area contributed by atoms with Gasteiger partial charge in [0.25, 0.3) is 0 Å². The Labute approximate surface area is 106 Å². The number of rotatable bonds is 5. The van der Waals surface area contributed by atoms with E-state index in [1.807, 2.05) is 18.2 Å². The number of anilines is 2. The number of hydrogen-bond acceptors (Lipinski definition) is 5. The molecule has 0 aliphatic heterocycles. The van der Waals surface area contributed by atoms with Crippen LogP contribution in [0.5, 0.6) is 5.75 Å². The molecule has 0 fully saturated rings. The average molecular weight is 244 g/mol. The summed E-state index contributed by atoms with van der Waals surface area (Å²) in [5.41, 5.74) is 1.17. The molecule has 0 radical (unpaired) electrons. The first kappa shape index (κ1) is 12.2. The van der Waals surface area contributed by atoms with E-state index in [0.717, 1.165) is 18.8 Å². The maximum atomic E-state index is 9.18. The Kier molecular flexibility index (Phi) is 3.96. The number of aromatic hydroxyl groups is 1. The molecule has 3 N–H and O–H groups in total. The van der Waals surface area contributed by atoms with Crippen LogP contribution in [-0.4, -0.2) is 28.7 Å². The Bertz CT molecular complexity index is 499. The molecule has 2 rings (SSSR count). The van der Waals surface area contributed by atoms with Crippen LogP contribution in [0, 0.1) is 0 Å². The minimum atomic E-state index is 0.293. The normalized spacial score (nSPS) is 10.1. The molecule has 0 amide bonds. The highest BCUT2D eigenvalue weighted by Gasteiger charge is 1.97. The maximum absolute atomic E-state index is 9.18. The molecule has 0 aliphatic rings. The molecule has 1 aromatic carbocycles. The Morgan fingerprint density at radius 2 is 1.94 bits per heavy atom. The smallest absolute Gasteiger partial charge is 0.224 e. The van der Waals surface area contributed by atoms with Gasteiger partial charge in [0.2, 0.25) is 5.95 Å². The number of nitrogens with one attached hydrogen (secondary N) is 2. The van der Waals surface area contributed by atoms with Gasteiger partial charge in [0.05, 0.1) is 0 Å². The van der Waals surface area contributed by atoms with Crippen LogP contribution in [0.3, 0.4) is 0 Å². The van der Waals surface area contributed by atoms with Crippen molar-refractivity contribution in [3.8, 4) is 5.75 Å². The number of aromatic nitrogens is 2. The summed E-state index contributed by atoms with van der Waals surface area (Å²) in [6.45, 7) is 0.783. The van der Waals surface area contributed by atoms with E-state index >= 15 is 0 Å². The minimum absolute atomic E-state index is 0.293. The van der Waals surface area contributed by atoms with Gasteiger partial charge in [-0.25, -0.2) is 4.98 Å². The molecule has 0 saturated heterocycles. The second-order valence-corrected chi connectivity index (χ2v) is 3.86. The first-order chi connectivity index (χ1) is 8.78. The second kappa shape index (κ2) is 5.86. The van der Waals surface area contributed by atoms with Crippen LogP contribution in [0.15, 0.2) is 36.5 Å². The molecule has 18 heavy (non-hydrogen) atoms. The van der Waals surface area contributed by atoms with E-state index in [2.05, 4.69) is 20.6 Å². The zero-order chi connectivity index (χ0) is 12.8. The fourth-order valence-corrected chi connectivity index (χ4v) is 1.58. The lowest BCUT2D eigenvalue weighted by Gasteiger charge is -2.06. The Balaban J connectivity index is 1.86. The van der Waals surface area contributed by atoms with Gasteiger partial charge in [-0.05, 0) is 30.2 Å². The van der Waals surface area contributed by atoms with Crippen LogP contribution in [0.4, 0.5) is 11.8 Å². The van der Waals surface area contributed by atoms with Gasteiger partial charge < -0.3 is 15.7 Å². The van der Waals surface area contributed by atoms with Gasteiger partial charge in [0, 0.05) is 19.8 Å². The third kappa shape index (κ3) is 3.35. The van der Waals surface area contributed by atoms with Crippen LogP contribution in [0.2, 0.25) is 0 Å². The summed E-state index contributed by atoms with van der Waals surface area (Å²) in [6, 6.07) is 9.04. The Hall–Kier alpha value is -2.30. The molecule has 5 nitrogen and oxygen atoms in total. The van der Waals surface area contributed by atoms with Crippen molar-refractivity contribution in [2.24, 2.45) is 0 Å². The van der Waals surface area contributed by atoms with Gasteiger partial charge in [-0.15, -0.1) is 0 Å². The molecular formula is C13H16N4O. The zero-order valence-corrected chi connectivity index (χ0v) is 10.2. The van der Waals surface area contributed by atoms with Gasteiger partial charge in [0.15, 0.2) is 0 Å². The van der Waals surface area contributed by atoms with Crippen LogP contribution in [0.25, 0.3) is 0 Å². The van der Waals surface area contributed by atoms with Crippen molar-refractivity contribution in [2.45, 2.75) is 6.42 Å². The number of benzene rings is 1. The summed E-state index contributed by atoms with van der Waals surface area (Å²) in [5, 5.41) is 15.3. The average Bonchev–Trinajstić information content (AvgIpc) is 2.41. The van der Waals surface area contributed by atoms with Crippen LogP contribution in [0.1, 0.15) is 5.56 Å². The predicted molar refractivity (Wildman–Crippen MR) is 71.9 cm³/mol. The highest BCUT2D eigenvalue weighted by atomic mass is 16.3. The van der Waals surface area contributed by atoms with Crippen molar-refractivity contribution in [1.82, 2.24) is 9.97 Å². The summed E-state index contributed by atoms with van der Waals surface area (Å²) < 4.78 is 0. The Morgan fingerprint density at radius 3 is 2.67 bits per heavy atom. The molecule has 1 aromatic heterocycles. The van der Waals surface area contributed by atoms with Gasteiger partial charge in [0.1, 0.15) is 11.6 Å². The Morgan fingerprint density at radius 1 is 1.17 bits per heavy atom. The van der Waals surface area contributed by atoms with Crippen LogP contribution >= 0.6 is 0 Å². The monoisotopic (exact) mass is 244 g/mol. The molecule has 0 bridgehead atoms. The fraction of sp³-hybridized carbons (Fsp3) is 0.231. The molecular weight excluding hydrogens is 228 g/mol. The third-order valence-electron chi connectivity index (χ3n) is 2.54. The van der Waals surface area contributed by atoms with Gasteiger partial charge in [-0.1, -0.05) is 12.1 Å². The lowest BCUT2D eigenvalue weighted by molar-refractivity contribution is 0.475. The number of phenols is 1. The highest BCUT2D eigenvalue weighted by Crippen LogP contribution is 2.10. The summed E-state index contributed by atoms with van der Waals surface area (Å²) in [6.07, 6.45) is 2.58. The first-order valence-electron chi connectivity index (χ1n) is 5.80. The summed E-state index contributed by atoms with van der Waals surface area (Å²) in [7, 11) is 1.79. The van der Waals surface area contributed by atoms with Gasteiger partial charge >= 0.3 is 0 Å². The first-order valence-corrected chi connectivity index (χ1v) is 5.80. The van der Waals surface area contributed by atoms with Crippen molar-refractivity contribution in [3.05, 3.63) is 42.1 Å². The quantitative estimate of drug-likeness (QED) is 0.749. The SMILES string of the molecule is CNc1nccc(NCCc2ccc(O)cc2)n1. The van der Waals surface area contributed by atoms with Crippen LogP contribution < -0.4 is 10.6 Å². The molecule has 2 aromatic rings. The number of hydrogen-bond donors (Lipinski definition) is 3. The van der Waals surface area contributed by atoms with Crippen molar-refractivity contribution in [1.29, 1.82) is 0 Å². The highest BCUT2D eigenvalue weighted by molar-refractivity contribution is 5.39. The molecule has 0 atom stereocenters. The molecule has 94 valence electrons. The lowest BCUT2D eigenvalue weighted by atomic mass is 10.1. The van der Waals surface area contributed by atoms with E-state index in [4.69, 9.17) is 0 Å². The largest absolute Gasteiger partial charge is 0.508 e. The van der Waals surface area contributed by atoms with E-state index in [1.165, 1.54) is 5.56 Å². The summed E-state index contributed by atoms with van der Waals surface area (Å²) in [5.74, 6) is 1.69. The van der Waals surface area contributed by atoms with Gasteiger partial charge in [-0.2, -0.15) is 4.98 Å². The number of nitrogens with zero attached hydrogens (tertiary/aromatic N) is 2. The summed E-state index contributed by atoms with van der Waals surface area (Å²) in [4.78, 5) is 8.31. The van der Waals surface area contributed by atoms with Crippen LogP contribution in [-0.2, 0) is 6.42 Å². The van der Waals surface area contributed by atoms with Gasteiger partial charge in [-0.3, -0.25) is 0 Å². The van der Waals surface area contributed by atoms with Crippen molar-refractivity contribution in [2.75, 3.05) is 24.2 Å². The van der Waals surface area contributed by atoms with Crippen molar-refractivity contribution < 1.29 is 5.11 Å². The summed E-state index contributed by atoms with van der Waals surface area (Å²) >= 11 is 0. The lowest BCUT2D eigenvalue weighted by Crippen LogP contribution is -2.07. The van der Waals surface area contributed by atoms with Crippen molar-refractivity contribution >= 4 is 11.8 Å². The predicted octanol–water partition coefficient (Wildman–Crippen LogP) is 1.88. The molecule has 0 saturated carbocycles. The fourth-order valence-electron chi connectivity index (χ4n) is 1.58. The third-order valence-corrected chi connectivity index (χ3v) is 2.54. The topological polar surface area (TPSA) is 70.1 Å². The van der Waals surface area contributed by atoms with E-state index < -0.39 is 0 Å². The van der Waals surface area contributed by atoms with E-state index in [-0.39, 0.29) is 0 Å². The molecule has 0 aliphatic carbocycles. The van der Waals surface area contributed by atoms with E-state index in [1.54, 1.807) is 25.4 Å². The minimum Gasteiger partial charge on any atom is -0.508 e. The van der Waals surface area contributed by atoms with E-state index in [9.17, 15) is 5.11 Å². The van der Waals surface area contributed by atoms with E-state index in [0.29, 0.717) is 11.7 Å². The molecule has 1 heterocycles. The molecule has 5 heteroatoms. The molecule has 0 unspecified atom stereocenters. The zero-order valence-electron chi connectivity index (χ0n) is 10.2. The standard InChI is InChI=1S/C13H16N4O/c1-14-13-16-9-7-12(17-13)15-8-6-10-2-4-11(18)5-3-10/h2-5,7,9,18H,6,8H2,1H3,(H2,14,15,16,17). The second-order valence-electron chi connectivity index (χ2n) is 3.86. The number of phenolic OH excluding ortho intramolecular Hbond substituents is 1. The molecule has 0 spiro atoms. The van der Waals surface area contributed by atoms with Crippen molar-refractivity contribution in [3.63, 3.8) is 0 Å².